The smallest absolute Gasteiger partial charge is 0.335 e. The zero-order chi connectivity index (χ0) is 20.3. The van der Waals surface area contributed by atoms with Crippen molar-refractivity contribution in [1.82, 2.24) is 0 Å². The van der Waals surface area contributed by atoms with Gasteiger partial charge in [0.25, 0.3) is 0 Å². The molecule has 2 unspecified atom stereocenters. The summed E-state index contributed by atoms with van der Waals surface area (Å²) in [7, 11) is 0. The molecular formula is C24H28O4. The molecule has 0 aliphatic heterocycles. The van der Waals surface area contributed by atoms with Crippen molar-refractivity contribution in [2.75, 3.05) is 0 Å². The summed E-state index contributed by atoms with van der Waals surface area (Å²) in [6, 6.07) is 14.6. The van der Waals surface area contributed by atoms with Crippen LogP contribution in [0, 0.1) is 5.92 Å². The van der Waals surface area contributed by atoms with Crippen molar-refractivity contribution < 1.29 is 19.8 Å². The van der Waals surface area contributed by atoms with Crippen LogP contribution in [0.25, 0.3) is 0 Å². The third kappa shape index (κ3) is 4.44. The van der Waals surface area contributed by atoms with Crippen molar-refractivity contribution in [3.05, 3.63) is 70.8 Å². The first-order valence-electron chi connectivity index (χ1n) is 9.95. The maximum atomic E-state index is 11.1. The van der Waals surface area contributed by atoms with Crippen LogP contribution >= 0.6 is 0 Å². The highest BCUT2D eigenvalue weighted by Gasteiger charge is 2.32. The second-order valence-corrected chi connectivity index (χ2v) is 8.55. The van der Waals surface area contributed by atoms with Crippen molar-refractivity contribution in [2.45, 2.75) is 57.3 Å². The highest BCUT2D eigenvalue weighted by atomic mass is 16.4. The number of aromatic carboxylic acids is 2. The fraction of sp³-hybridized carbons (Fsp3) is 0.417. The molecule has 0 bridgehead atoms. The topological polar surface area (TPSA) is 74.6 Å². The normalized spacial score (nSPS) is 19.9. The number of hydrogen-bond acceptors (Lipinski definition) is 2. The molecule has 1 aliphatic carbocycles. The molecule has 2 aromatic carbocycles. The lowest BCUT2D eigenvalue weighted by Crippen LogP contribution is -2.27. The lowest BCUT2D eigenvalue weighted by atomic mass is 9.67. The molecule has 0 spiro atoms. The molecule has 0 radical (unpaired) electrons. The number of carboxylic acids is 2. The average Bonchev–Trinajstić information content (AvgIpc) is 2.68. The van der Waals surface area contributed by atoms with E-state index in [0.717, 1.165) is 18.4 Å². The minimum absolute atomic E-state index is 0.0572. The van der Waals surface area contributed by atoms with Gasteiger partial charge in [-0.2, -0.15) is 0 Å². The Morgan fingerprint density at radius 1 is 0.857 bits per heavy atom. The van der Waals surface area contributed by atoms with Crippen LogP contribution in [-0.4, -0.2) is 22.2 Å². The van der Waals surface area contributed by atoms with Crippen LogP contribution in [0.15, 0.2) is 48.5 Å². The minimum atomic E-state index is -0.901. The predicted octanol–water partition coefficient (Wildman–Crippen LogP) is 5.72. The van der Waals surface area contributed by atoms with Gasteiger partial charge in [-0.1, -0.05) is 51.0 Å². The van der Waals surface area contributed by atoms with Gasteiger partial charge < -0.3 is 10.2 Å². The van der Waals surface area contributed by atoms with Crippen LogP contribution in [0.2, 0.25) is 0 Å². The van der Waals surface area contributed by atoms with Gasteiger partial charge in [-0.25, -0.2) is 9.59 Å². The molecule has 1 aliphatic rings. The fourth-order valence-electron chi connectivity index (χ4n) is 4.60. The summed E-state index contributed by atoms with van der Waals surface area (Å²) in [4.78, 5) is 22.2. The Morgan fingerprint density at radius 3 is 1.89 bits per heavy atom. The number of carbonyl (C=O) groups is 2. The zero-order valence-corrected chi connectivity index (χ0v) is 16.5. The molecular weight excluding hydrogens is 352 g/mol. The van der Waals surface area contributed by atoms with Gasteiger partial charge in [0.05, 0.1) is 11.1 Å². The first kappa shape index (κ1) is 20.1. The number of carboxylic acid groups (broad SMARTS) is 2. The monoisotopic (exact) mass is 380 g/mol. The molecule has 1 fully saturated rings. The van der Waals surface area contributed by atoms with Gasteiger partial charge in [0.2, 0.25) is 0 Å². The summed E-state index contributed by atoms with van der Waals surface area (Å²) in [5.74, 6) is -0.827. The van der Waals surface area contributed by atoms with Crippen LogP contribution < -0.4 is 0 Å². The van der Waals surface area contributed by atoms with E-state index in [1.54, 1.807) is 24.3 Å². The molecule has 2 N–H and O–H groups in total. The minimum Gasteiger partial charge on any atom is -0.478 e. The largest absolute Gasteiger partial charge is 0.478 e. The number of benzene rings is 2. The third-order valence-electron chi connectivity index (χ3n) is 6.18. The van der Waals surface area contributed by atoms with E-state index >= 15 is 0 Å². The lowest BCUT2D eigenvalue weighted by Gasteiger charge is -2.38. The van der Waals surface area contributed by atoms with Crippen molar-refractivity contribution in [2.24, 2.45) is 5.92 Å². The summed E-state index contributed by atoms with van der Waals surface area (Å²) in [5.41, 5.74) is 2.97. The van der Waals surface area contributed by atoms with E-state index in [0.29, 0.717) is 23.0 Å². The zero-order valence-electron chi connectivity index (χ0n) is 16.5. The van der Waals surface area contributed by atoms with Gasteiger partial charge in [0.15, 0.2) is 0 Å². The number of rotatable bonds is 6. The van der Waals surface area contributed by atoms with Crippen LogP contribution in [0.3, 0.4) is 0 Å². The summed E-state index contributed by atoms with van der Waals surface area (Å²) >= 11 is 0. The third-order valence-corrected chi connectivity index (χ3v) is 6.18. The Labute approximate surface area is 166 Å². The number of hydrogen-bond donors (Lipinski definition) is 2. The van der Waals surface area contributed by atoms with E-state index in [4.69, 9.17) is 10.2 Å². The lowest BCUT2D eigenvalue weighted by molar-refractivity contribution is 0.0686. The summed E-state index contributed by atoms with van der Waals surface area (Å²) < 4.78 is 0. The van der Waals surface area contributed by atoms with Gasteiger partial charge in [0.1, 0.15) is 0 Å². The summed E-state index contributed by atoms with van der Waals surface area (Å²) in [5, 5.41) is 18.3. The molecule has 0 aromatic heterocycles. The van der Waals surface area contributed by atoms with Gasteiger partial charge in [0, 0.05) is 0 Å². The quantitative estimate of drug-likeness (QED) is 0.671. The van der Waals surface area contributed by atoms with Gasteiger partial charge in [-0.05, 0) is 71.9 Å². The van der Waals surface area contributed by atoms with Crippen molar-refractivity contribution in [3.8, 4) is 0 Å². The molecule has 28 heavy (non-hydrogen) atoms. The summed E-state index contributed by atoms with van der Waals surface area (Å²) in [6.45, 7) is 4.45. The van der Waals surface area contributed by atoms with Crippen LogP contribution in [0.5, 0.6) is 0 Å². The standard InChI is InChI=1S/C24H28O4/c1-24(2,20-13-11-18(12-14-20)23(27)28)15-19-5-3-4-6-21(19)16-7-9-17(10-8-16)22(25)26/h7-14,19,21H,3-6,15H2,1-2H3,(H,25,26)(H,27,28). The van der Waals surface area contributed by atoms with Crippen LogP contribution in [0.1, 0.15) is 83.7 Å². The maximum Gasteiger partial charge on any atom is 0.335 e. The van der Waals surface area contributed by atoms with E-state index in [-0.39, 0.29) is 5.41 Å². The van der Waals surface area contributed by atoms with Gasteiger partial charge in [-0.3, -0.25) is 0 Å². The highest BCUT2D eigenvalue weighted by molar-refractivity contribution is 5.88. The van der Waals surface area contributed by atoms with E-state index in [1.165, 1.54) is 24.8 Å². The highest BCUT2D eigenvalue weighted by Crippen LogP contribution is 2.44. The Balaban J connectivity index is 1.79. The van der Waals surface area contributed by atoms with E-state index in [1.807, 2.05) is 24.3 Å². The second-order valence-electron chi connectivity index (χ2n) is 8.55. The molecule has 1 saturated carbocycles. The molecule has 2 atom stereocenters. The van der Waals surface area contributed by atoms with Gasteiger partial charge in [-0.15, -0.1) is 0 Å². The molecule has 4 heteroatoms. The van der Waals surface area contributed by atoms with Gasteiger partial charge >= 0.3 is 11.9 Å². The first-order valence-corrected chi connectivity index (χ1v) is 9.95. The molecule has 2 aromatic rings. The summed E-state index contributed by atoms with van der Waals surface area (Å²) in [6.07, 6.45) is 5.75. The van der Waals surface area contributed by atoms with E-state index < -0.39 is 11.9 Å². The molecule has 0 heterocycles. The Hall–Kier alpha value is -2.62. The first-order chi connectivity index (χ1) is 13.3. The Morgan fingerprint density at radius 2 is 1.36 bits per heavy atom. The molecule has 148 valence electrons. The predicted molar refractivity (Wildman–Crippen MR) is 109 cm³/mol. The van der Waals surface area contributed by atoms with Crippen LogP contribution in [-0.2, 0) is 5.41 Å². The Kier molecular flexibility index (Phi) is 5.87. The Bertz CT molecular complexity index is 834. The molecule has 0 amide bonds. The fourth-order valence-corrected chi connectivity index (χ4v) is 4.60. The second kappa shape index (κ2) is 8.17. The van der Waals surface area contributed by atoms with Crippen molar-refractivity contribution in [3.63, 3.8) is 0 Å². The molecule has 3 rings (SSSR count). The SMILES string of the molecule is CC(C)(CC1CCCCC1c1ccc(C(=O)O)cc1)c1ccc(C(=O)O)cc1. The maximum absolute atomic E-state index is 11.1. The van der Waals surface area contributed by atoms with Crippen molar-refractivity contribution >= 4 is 11.9 Å². The van der Waals surface area contributed by atoms with E-state index in [9.17, 15) is 9.59 Å². The van der Waals surface area contributed by atoms with E-state index in [2.05, 4.69) is 13.8 Å². The van der Waals surface area contributed by atoms with Crippen LogP contribution in [0.4, 0.5) is 0 Å². The molecule has 4 nitrogen and oxygen atoms in total. The van der Waals surface area contributed by atoms with Crippen molar-refractivity contribution in [1.29, 1.82) is 0 Å². The average molecular weight is 380 g/mol. The molecule has 0 saturated heterocycles.